The second kappa shape index (κ2) is 7.25. The second-order valence-corrected chi connectivity index (χ2v) is 8.05. The van der Waals surface area contributed by atoms with Crippen LogP contribution in [-0.4, -0.2) is 61.5 Å². The van der Waals surface area contributed by atoms with Crippen LogP contribution in [0.4, 0.5) is 0 Å². The predicted octanol–water partition coefficient (Wildman–Crippen LogP) is 1.90. The Morgan fingerprint density at radius 1 is 1.00 bits per heavy atom. The van der Waals surface area contributed by atoms with Crippen molar-refractivity contribution in [2.24, 2.45) is 0 Å². The van der Waals surface area contributed by atoms with Gasteiger partial charge in [-0.25, -0.2) is 8.42 Å². The molecule has 1 aliphatic carbocycles. The number of alkyl halides is 1. The Balaban J connectivity index is 1.78. The Hall–Kier alpha value is 0.160. The molecule has 2 aliphatic rings. The van der Waals surface area contributed by atoms with Gasteiger partial charge < -0.3 is 0 Å². The molecule has 112 valence electrons. The van der Waals surface area contributed by atoms with Gasteiger partial charge in [-0.1, -0.05) is 12.8 Å². The van der Waals surface area contributed by atoms with Gasteiger partial charge in [-0.2, -0.15) is 4.31 Å². The maximum Gasteiger partial charge on any atom is 0.214 e. The van der Waals surface area contributed by atoms with Crippen molar-refractivity contribution in [3.05, 3.63) is 0 Å². The van der Waals surface area contributed by atoms with Gasteiger partial charge in [0.05, 0.1) is 5.75 Å². The average Bonchev–Trinajstić information content (AvgIpc) is 2.93. The zero-order chi connectivity index (χ0) is 13.7. The predicted molar refractivity (Wildman–Crippen MR) is 79.1 cm³/mol. The lowest BCUT2D eigenvalue weighted by Gasteiger charge is -2.37. The Labute approximate surface area is 122 Å². The fourth-order valence-electron chi connectivity index (χ4n) is 3.12. The van der Waals surface area contributed by atoms with E-state index in [1.165, 1.54) is 25.7 Å². The van der Waals surface area contributed by atoms with Gasteiger partial charge in [0, 0.05) is 38.1 Å². The van der Waals surface area contributed by atoms with Crippen LogP contribution < -0.4 is 0 Å². The third kappa shape index (κ3) is 4.31. The molecule has 6 heteroatoms. The summed E-state index contributed by atoms with van der Waals surface area (Å²) in [6, 6.07) is 0.709. The first-order valence-electron chi connectivity index (χ1n) is 7.41. The summed E-state index contributed by atoms with van der Waals surface area (Å²) >= 11 is 5.59. The van der Waals surface area contributed by atoms with Crippen molar-refractivity contribution in [3.8, 4) is 0 Å². The minimum absolute atomic E-state index is 0.253. The molecule has 1 heterocycles. The van der Waals surface area contributed by atoms with Crippen LogP contribution in [0, 0.1) is 0 Å². The molecule has 0 bridgehead atoms. The molecule has 19 heavy (non-hydrogen) atoms. The molecule has 4 nitrogen and oxygen atoms in total. The number of halogens is 1. The zero-order valence-electron chi connectivity index (χ0n) is 11.6. The third-order valence-corrected chi connectivity index (χ3v) is 6.52. The monoisotopic (exact) mass is 308 g/mol. The Bertz CT molecular complexity index is 361. The second-order valence-electron chi connectivity index (χ2n) is 5.59. The zero-order valence-corrected chi connectivity index (χ0v) is 13.1. The van der Waals surface area contributed by atoms with Crippen LogP contribution in [0.2, 0.25) is 0 Å². The van der Waals surface area contributed by atoms with Crippen LogP contribution in [-0.2, 0) is 10.0 Å². The van der Waals surface area contributed by atoms with E-state index in [-0.39, 0.29) is 5.75 Å². The molecule has 0 radical (unpaired) electrons. The summed E-state index contributed by atoms with van der Waals surface area (Å²) in [6.45, 7) is 3.14. The van der Waals surface area contributed by atoms with E-state index in [1.807, 2.05) is 0 Å². The lowest BCUT2D eigenvalue weighted by Crippen LogP contribution is -2.51. The van der Waals surface area contributed by atoms with Gasteiger partial charge in [0.15, 0.2) is 0 Å². The van der Waals surface area contributed by atoms with E-state index in [0.717, 1.165) is 19.5 Å². The van der Waals surface area contributed by atoms with E-state index in [9.17, 15) is 8.42 Å². The topological polar surface area (TPSA) is 40.6 Å². The van der Waals surface area contributed by atoms with Crippen LogP contribution in [0.3, 0.4) is 0 Å². The number of hydrogen-bond donors (Lipinski definition) is 0. The molecule has 0 N–H and O–H groups in total. The van der Waals surface area contributed by atoms with Crippen LogP contribution >= 0.6 is 11.6 Å². The molecule has 0 spiro atoms. The van der Waals surface area contributed by atoms with Gasteiger partial charge >= 0.3 is 0 Å². The number of piperazine rings is 1. The minimum Gasteiger partial charge on any atom is -0.298 e. The Morgan fingerprint density at radius 2 is 1.63 bits per heavy atom. The number of hydrogen-bond acceptors (Lipinski definition) is 3. The van der Waals surface area contributed by atoms with E-state index in [1.54, 1.807) is 4.31 Å². The maximum atomic E-state index is 12.2. The standard InChI is InChI=1S/C13H25ClN2O2S/c14-7-3-4-12-19(17,18)16-10-8-15(9-11-16)13-5-1-2-6-13/h13H,1-12H2. The Kier molecular flexibility index (Phi) is 5.93. The fraction of sp³-hybridized carbons (Fsp3) is 1.00. The quantitative estimate of drug-likeness (QED) is 0.556. The number of nitrogens with zero attached hydrogens (tertiary/aromatic N) is 2. The van der Waals surface area contributed by atoms with Crippen molar-refractivity contribution in [1.82, 2.24) is 9.21 Å². The average molecular weight is 309 g/mol. The van der Waals surface area contributed by atoms with Crippen LogP contribution in [0.25, 0.3) is 0 Å². The summed E-state index contributed by atoms with van der Waals surface area (Å²) in [5.41, 5.74) is 0. The molecule has 0 aromatic carbocycles. The summed E-state index contributed by atoms with van der Waals surface area (Å²) < 4.78 is 26.0. The third-order valence-electron chi connectivity index (χ3n) is 4.29. The van der Waals surface area contributed by atoms with Crippen molar-refractivity contribution in [2.45, 2.75) is 44.6 Å². The van der Waals surface area contributed by atoms with Gasteiger partial charge in [-0.05, 0) is 25.7 Å². The normalized spacial score (nSPS) is 24.1. The summed E-state index contributed by atoms with van der Waals surface area (Å²) in [5.74, 6) is 0.800. The number of sulfonamides is 1. The smallest absolute Gasteiger partial charge is 0.214 e. The Morgan fingerprint density at radius 3 is 2.21 bits per heavy atom. The first kappa shape index (κ1) is 15.5. The fourth-order valence-corrected chi connectivity index (χ4v) is 4.86. The largest absolute Gasteiger partial charge is 0.298 e. The van der Waals surface area contributed by atoms with E-state index in [4.69, 9.17) is 11.6 Å². The molecular formula is C13H25ClN2O2S. The molecule has 2 fully saturated rings. The van der Waals surface area contributed by atoms with Crippen LogP contribution in [0.15, 0.2) is 0 Å². The SMILES string of the molecule is O=S(=O)(CCCCCl)N1CCN(C2CCCC2)CC1. The summed E-state index contributed by atoms with van der Waals surface area (Å²) in [7, 11) is -3.05. The summed E-state index contributed by atoms with van der Waals surface area (Å²) in [4.78, 5) is 2.48. The van der Waals surface area contributed by atoms with Gasteiger partial charge in [0.1, 0.15) is 0 Å². The maximum absolute atomic E-state index is 12.2. The van der Waals surface area contributed by atoms with Crippen molar-refractivity contribution in [3.63, 3.8) is 0 Å². The molecule has 0 unspecified atom stereocenters. The molecule has 0 aromatic heterocycles. The molecule has 1 saturated heterocycles. The van der Waals surface area contributed by atoms with Gasteiger partial charge in [0.2, 0.25) is 10.0 Å². The number of rotatable bonds is 6. The molecule has 0 aromatic rings. The summed E-state index contributed by atoms with van der Waals surface area (Å²) in [5, 5.41) is 0. The van der Waals surface area contributed by atoms with Gasteiger partial charge in [-0.3, -0.25) is 4.90 Å². The minimum atomic E-state index is -3.05. The van der Waals surface area contributed by atoms with E-state index in [2.05, 4.69) is 4.90 Å². The van der Waals surface area contributed by atoms with Crippen molar-refractivity contribution < 1.29 is 8.42 Å². The van der Waals surface area contributed by atoms with E-state index >= 15 is 0 Å². The van der Waals surface area contributed by atoms with Crippen molar-refractivity contribution in [1.29, 1.82) is 0 Å². The van der Waals surface area contributed by atoms with Gasteiger partial charge in [0.25, 0.3) is 0 Å². The molecule has 0 amide bonds. The molecular weight excluding hydrogens is 284 g/mol. The lowest BCUT2D eigenvalue weighted by molar-refractivity contribution is 0.139. The first-order chi connectivity index (χ1) is 9.13. The number of unbranched alkanes of at least 4 members (excludes halogenated alkanes) is 1. The van der Waals surface area contributed by atoms with Crippen LogP contribution in [0.1, 0.15) is 38.5 Å². The van der Waals surface area contributed by atoms with E-state index in [0.29, 0.717) is 31.4 Å². The highest BCUT2D eigenvalue weighted by atomic mass is 35.5. The van der Waals surface area contributed by atoms with Crippen LogP contribution in [0.5, 0.6) is 0 Å². The van der Waals surface area contributed by atoms with Crippen molar-refractivity contribution in [2.75, 3.05) is 37.8 Å². The lowest BCUT2D eigenvalue weighted by atomic mass is 10.2. The molecule has 1 aliphatic heterocycles. The van der Waals surface area contributed by atoms with Crippen molar-refractivity contribution >= 4 is 21.6 Å². The molecule has 1 saturated carbocycles. The molecule has 0 atom stereocenters. The highest BCUT2D eigenvalue weighted by molar-refractivity contribution is 7.89. The highest BCUT2D eigenvalue weighted by Crippen LogP contribution is 2.24. The first-order valence-corrected chi connectivity index (χ1v) is 9.56. The van der Waals surface area contributed by atoms with Gasteiger partial charge in [-0.15, -0.1) is 11.6 Å². The highest BCUT2D eigenvalue weighted by Gasteiger charge is 2.30. The molecule has 2 rings (SSSR count). The summed E-state index contributed by atoms with van der Waals surface area (Å²) in [6.07, 6.45) is 6.71. The van der Waals surface area contributed by atoms with E-state index < -0.39 is 10.0 Å².